The van der Waals surface area contributed by atoms with E-state index in [0.29, 0.717) is 29.4 Å². The largest absolute Gasteiger partial charge is 0.478 e. The summed E-state index contributed by atoms with van der Waals surface area (Å²) < 4.78 is 5.72. The van der Waals surface area contributed by atoms with Crippen molar-refractivity contribution in [3.8, 4) is 5.75 Å². The van der Waals surface area contributed by atoms with Crippen LogP contribution in [0.5, 0.6) is 5.75 Å². The Hall–Kier alpha value is -2.53. The highest BCUT2D eigenvalue weighted by atomic mass is 35.5. The van der Waals surface area contributed by atoms with E-state index < -0.39 is 6.10 Å². The minimum Gasteiger partial charge on any atom is -0.478 e. The third-order valence-electron chi connectivity index (χ3n) is 4.31. The van der Waals surface area contributed by atoms with Crippen LogP contribution in [0.3, 0.4) is 0 Å². The molecule has 0 aromatic heterocycles. The topological polar surface area (TPSA) is 58.6 Å². The quantitative estimate of drug-likeness (QED) is 0.874. The first kappa shape index (κ1) is 18.3. The smallest absolute Gasteiger partial charge is 0.268 e. The van der Waals surface area contributed by atoms with Gasteiger partial charge in [-0.05, 0) is 37.1 Å². The van der Waals surface area contributed by atoms with Gasteiger partial charge in [-0.2, -0.15) is 0 Å². The lowest BCUT2D eigenvalue weighted by Gasteiger charge is -2.33. The molecule has 1 aliphatic rings. The van der Waals surface area contributed by atoms with Gasteiger partial charge in [-0.25, -0.2) is 0 Å². The number of anilines is 1. The molecule has 5 nitrogen and oxygen atoms in total. The summed E-state index contributed by atoms with van der Waals surface area (Å²) >= 11 is 6.06. The van der Waals surface area contributed by atoms with E-state index in [2.05, 4.69) is 5.32 Å². The lowest BCUT2D eigenvalue weighted by atomic mass is 10.1. The van der Waals surface area contributed by atoms with E-state index in [4.69, 9.17) is 16.3 Å². The minimum atomic E-state index is -0.589. The van der Waals surface area contributed by atoms with E-state index in [0.717, 1.165) is 11.1 Å². The highest BCUT2D eigenvalue weighted by Crippen LogP contribution is 2.36. The van der Waals surface area contributed by atoms with Gasteiger partial charge in [0.15, 0.2) is 6.10 Å². The molecule has 0 saturated carbocycles. The maximum Gasteiger partial charge on any atom is 0.268 e. The second-order valence-electron chi connectivity index (χ2n) is 6.31. The van der Waals surface area contributed by atoms with Gasteiger partial charge in [0.05, 0.1) is 5.69 Å². The molecule has 0 saturated heterocycles. The average Bonchev–Trinajstić information content (AvgIpc) is 2.63. The van der Waals surface area contributed by atoms with Crippen LogP contribution in [0.1, 0.15) is 24.5 Å². The number of fused-ring (bicyclic) bond motifs is 1. The summed E-state index contributed by atoms with van der Waals surface area (Å²) in [6.07, 6.45) is -0.0591. The molecule has 2 aromatic rings. The molecule has 3 rings (SSSR count). The van der Waals surface area contributed by atoms with Crippen LogP contribution in [0.2, 0.25) is 5.02 Å². The Balaban J connectivity index is 1.72. The fourth-order valence-corrected chi connectivity index (χ4v) is 2.99. The predicted octanol–water partition coefficient (Wildman–Crippen LogP) is 3.47. The molecule has 1 N–H and O–H groups in total. The number of rotatable bonds is 5. The zero-order chi connectivity index (χ0) is 18.7. The van der Waals surface area contributed by atoms with Crippen molar-refractivity contribution < 1.29 is 14.3 Å². The van der Waals surface area contributed by atoms with E-state index >= 15 is 0 Å². The summed E-state index contributed by atoms with van der Waals surface area (Å²) in [6, 6.07) is 13.0. The van der Waals surface area contributed by atoms with Crippen molar-refractivity contribution in [2.24, 2.45) is 0 Å². The molecule has 1 atom stereocenters. The molecule has 0 bridgehead atoms. The van der Waals surface area contributed by atoms with Crippen molar-refractivity contribution >= 4 is 29.1 Å². The minimum absolute atomic E-state index is 0.0715. The van der Waals surface area contributed by atoms with Gasteiger partial charge in [0.25, 0.3) is 5.91 Å². The Morgan fingerprint density at radius 1 is 1.23 bits per heavy atom. The van der Waals surface area contributed by atoms with E-state index in [9.17, 15) is 9.59 Å². The van der Waals surface area contributed by atoms with Gasteiger partial charge in [-0.15, -0.1) is 0 Å². The fraction of sp³-hybridized carbons (Fsp3) is 0.300. The van der Waals surface area contributed by atoms with Gasteiger partial charge in [-0.3, -0.25) is 14.5 Å². The van der Waals surface area contributed by atoms with Crippen LogP contribution >= 0.6 is 11.6 Å². The van der Waals surface area contributed by atoms with E-state index in [1.165, 1.54) is 4.90 Å². The van der Waals surface area contributed by atoms with Crippen LogP contribution in [-0.4, -0.2) is 24.5 Å². The number of ether oxygens (including phenoxy) is 1. The van der Waals surface area contributed by atoms with Gasteiger partial charge in [0.2, 0.25) is 5.91 Å². The second kappa shape index (κ2) is 7.79. The van der Waals surface area contributed by atoms with Gasteiger partial charge < -0.3 is 10.1 Å². The monoisotopic (exact) mass is 372 g/mol. The van der Waals surface area contributed by atoms with E-state index in [1.54, 1.807) is 18.2 Å². The van der Waals surface area contributed by atoms with Gasteiger partial charge in [-0.1, -0.05) is 48.4 Å². The first-order valence-corrected chi connectivity index (χ1v) is 8.95. The first-order chi connectivity index (χ1) is 12.5. The van der Waals surface area contributed by atoms with Gasteiger partial charge in [0, 0.05) is 11.6 Å². The zero-order valence-corrected chi connectivity index (χ0v) is 15.5. The number of carbonyl (C=O) groups excluding carboxylic acids is 2. The van der Waals surface area contributed by atoms with Crippen LogP contribution in [-0.2, 0) is 16.1 Å². The predicted molar refractivity (Wildman–Crippen MR) is 102 cm³/mol. The SMILES string of the molecule is CC[C@@H]1Oc2ccc(Cl)cc2N(CC(=O)NCc2ccc(C)cc2)C1=O. The summed E-state index contributed by atoms with van der Waals surface area (Å²) in [7, 11) is 0. The van der Waals surface area contributed by atoms with Crippen molar-refractivity contribution in [1.29, 1.82) is 0 Å². The van der Waals surface area contributed by atoms with Crippen molar-refractivity contribution in [2.75, 3.05) is 11.4 Å². The molecule has 1 aliphatic heterocycles. The molecule has 0 radical (unpaired) electrons. The molecule has 2 amide bonds. The average molecular weight is 373 g/mol. The molecule has 0 fully saturated rings. The number of amides is 2. The Morgan fingerprint density at radius 2 is 1.96 bits per heavy atom. The van der Waals surface area contributed by atoms with Crippen molar-refractivity contribution in [3.05, 3.63) is 58.6 Å². The molecule has 0 aliphatic carbocycles. The number of carbonyl (C=O) groups is 2. The van der Waals surface area contributed by atoms with Crippen LogP contribution < -0.4 is 15.0 Å². The number of nitrogens with one attached hydrogen (secondary N) is 1. The van der Waals surface area contributed by atoms with Crippen LogP contribution in [0, 0.1) is 6.92 Å². The third-order valence-corrected chi connectivity index (χ3v) is 4.54. The standard InChI is InChI=1S/C20H21ClN2O3/c1-3-17-20(25)23(16-10-15(21)8-9-18(16)26-17)12-19(24)22-11-14-6-4-13(2)5-7-14/h4-10,17H,3,11-12H2,1-2H3,(H,22,24)/t17-/m0/s1. The van der Waals surface area contributed by atoms with Gasteiger partial charge in [0.1, 0.15) is 12.3 Å². The number of aryl methyl sites for hydroxylation is 1. The number of nitrogens with zero attached hydrogens (tertiary/aromatic N) is 1. The Morgan fingerprint density at radius 3 is 2.65 bits per heavy atom. The number of benzene rings is 2. The summed E-state index contributed by atoms with van der Waals surface area (Å²) in [4.78, 5) is 26.5. The third kappa shape index (κ3) is 3.99. The van der Waals surface area contributed by atoms with Crippen molar-refractivity contribution in [1.82, 2.24) is 5.32 Å². The molecule has 1 heterocycles. The van der Waals surface area contributed by atoms with Crippen LogP contribution in [0.15, 0.2) is 42.5 Å². The first-order valence-electron chi connectivity index (χ1n) is 8.57. The highest BCUT2D eigenvalue weighted by molar-refractivity contribution is 6.31. The molecule has 0 spiro atoms. The van der Waals surface area contributed by atoms with E-state index in [-0.39, 0.29) is 18.4 Å². The lowest BCUT2D eigenvalue weighted by Crippen LogP contribution is -2.49. The Labute approximate surface area is 157 Å². The lowest BCUT2D eigenvalue weighted by molar-refractivity contribution is -0.129. The molecule has 6 heteroatoms. The fourth-order valence-electron chi connectivity index (χ4n) is 2.82. The summed E-state index contributed by atoms with van der Waals surface area (Å²) in [5, 5.41) is 3.34. The van der Waals surface area contributed by atoms with Crippen molar-refractivity contribution in [3.63, 3.8) is 0 Å². The normalized spacial score (nSPS) is 16.0. The van der Waals surface area contributed by atoms with Gasteiger partial charge >= 0.3 is 0 Å². The maximum atomic E-state index is 12.7. The molecule has 0 unspecified atom stereocenters. The molecule has 2 aromatic carbocycles. The second-order valence-corrected chi connectivity index (χ2v) is 6.75. The zero-order valence-electron chi connectivity index (χ0n) is 14.8. The number of hydrogen-bond donors (Lipinski definition) is 1. The Bertz CT molecular complexity index is 820. The summed E-state index contributed by atoms with van der Waals surface area (Å²) in [5.41, 5.74) is 2.70. The molecule has 136 valence electrons. The highest BCUT2D eigenvalue weighted by Gasteiger charge is 2.34. The van der Waals surface area contributed by atoms with E-state index in [1.807, 2.05) is 38.1 Å². The molecular formula is C20H21ClN2O3. The number of hydrogen-bond acceptors (Lipinski definition) is 3. The van der Waals surface area contributed by atoms with Crippen molar-refractivity contribution in [2.45, 2.75) is 32.9 Å². The number of halogens is 1. The Kier molecular flexibility index (Phi) is 5.47. The summed E-state index contributed by atoms with van der Waals surface area (Å²) in [5.74, 6) is 0.0986. The van der Waals surface area contributed by atoms with Crippen LogP contribution in [0.4, 0.5) is 5.69 Å². The molecule has 26 heavy (non-hydrogen) atoms. The summed E-state index contributed by atoms with van der Waals surface area (Å²) in [6.45, 7) is 4.23. The molecular weight excluding hydrogens is 352 g/mol. The maximum absolute atomic E-state index is 12.7. The van der Waals surface area contributed by atoms with Crippen LogP contribution in [0.25, 0.3) is 0 Å².